The first kappa shape index (κ1) is 19.2. The summed E-state index contributed by atoms with van der Waals surface area (Å²) < 4.78 is 10.3. The van der Waals surface area contributed by atoms with E-state index in [1.807, 2.05) is 0 Å². The molecule has 0 aliphatic rings. The van der Waals surface area contributed by atoms with Gasteiger partial charge in [0.25, 0.3) is 0 Å². The van der Waals surface area contributed by atoms with Gasteiger partial charge in [0.15, 0.2) is 0 Å². The average Bonchev–Trinajstić information content (AvgIpc) is 2.37. The highest BCUT2D eigenvalue weighted by molar-refractivity contribution is 5.56. The lowest BCUT2D eigenvalue weighted by Crippen LogP contribution is -2.24. The van der Waals surface area contributed by atoms with E-state index in [1.54, 1.807) is 6.92 Å². The lowest BCUT2D eigenvalue weighted by atomic mass is 10.0. The van der Waals surface area contributed by atoms with Gasteiger partial charge in [-0.3, -0.25) is 0 Å². The molecule has 0 bridgehead atoms. The van der Waals surface area contributed by atoms with Crippen LogP contribution < -0.4 is 0 Å². The molecule has 0 heterocycles. The van der Waals surface area contributed by atoms with E-state index in [2.05, 4.69) is 18.6 Å². The Bertz CT molecular complexity index is 231. The van der Waals surface area contributed by atoms with Gasteiger partial charge in [-0.15, -0.1) is 0 Å². The first-order valence-corrected chi connectivity index (χ1v) is 8.15. The van der Waals surface area contributed by atoms with Crippen LogP contribution in [0.2, 0.25) is 0 Å². The van der Waals surface area contributed by atoms with Crippen molar-refractivity contribution < 1.29 is 19.4 Å². The van der Waals surface area contributed by atoms with E-state index >= 15 is 0 Å². The number of carbonyl (C=O) groups is 1. The van der Waals surface area contributed by atoms with Crippen LogP contribution in [0.4, 0.5) is 4.79 Å². The molecular weight excluding hydrogens is 256 g/mol. The number of hydrogen-bond donors (Lipinski definition) is 1. The molecule has 0 saturated heterocycles. The summed E-state index contributed by atoms with van der Waals surface area (Å²) in [6.45, 7) is 6.04. The van der Waals surface area contributed by atoms with E-state index in [4.69, 9.17) is 9.84 Å². The number of ether oxygens (including phenoxy) is 2. The Morgan fingerprint density at radius 3 is 2.00 bits per heavy atom. The molecule has 0 amide bonds. The van der Waals surface area contributed by atoms with Crippen LogP contribution in [-0.4, -0.2) is 23.7 Å². The molecule has 0 aromatic carbocycles. The summed E-state index contributed by atoms with van der Waals surface area (Å²) in [7, 11) is 0. The van der Waals surface area contributed by atoms with Crippen molar-refractivity contribution in [3.8, 4) is 0 Å². The van der Waals surface area contributed by atoms with Crippen molar-refractivity contribution in [2.75, 3.05) is 0 Å². The first-order valence-electron chi connectivity index (χ1n) is 8.15. The number of unbranched alkanes of at least 4 members (excludes halogenated alkanes) is 6. The molecule has 0 aliphatic heterocycles. The van der Waals surface area contributed by atoms with Crippen molar-refractivity contribution in [3.05, 3.63) is 0 Å². The van der Waals surface area contributed by atoms with Crippen molar-refractivity contribution in [1.82, 2.24) is 0 Å². The Morgan fingerprint density at radius 2 is 1.45 bits per heavy atom. The third-order valence-electron chi connectivity index (χ3n) is 3.41. The van der Waals surface area contributed by atoms with Crippen molar-refractivity contribution in [2.24, 2.45) is 0 Å². The summed E-state index contributed by atoms with van der Waals surface area (Å²) in [4.78, 5) is 10.5. The Morgan fingerprint density at radius 1 is 0.950 bits per heavy atom. The van der Waals surface area contributed by atoms with Crippen LogP contribution in [-0.2, 0) is 9.47 Å². The van der Waals surface area contributed by atoms with Gasteiger partial charge in [0.1, 0.15) is 0 Å². The van der Waals surface area contributed by atoms with Crippen molar-refractivity contribution in [1.29, 1.82) is 0 Å². The molecule has 0 spiro atoms. The third kappa shape index (κ3) is 12.3. The van der Waals surface area contributed by atoms with Crippen molar-refractivity contribution in [2.45, 2.75) is 97.4 Å². The van der Waals surface area contributed by atoms with Gasteiger partial charge in [-0.05, 0) is 19.8 Å². The summed E-state index contributed by atoms with van der Waals surface area (Å²) in [5.41, 5.74) is 0. The second kappa shape index (κ2) is 13.2. The third-order valence-corrected chi connectivity index (χ3v) is 3.41. The van der Waals surface area contributed by atoms with Crippen LogP contribution in [0.5, 0.6) is 0 Å². The monoisotopic (exact) mass is 288 g/mol. The smallest absolute Gasteiger partial charge is 0.450 e. The van der Waals surface area contributed by atoms with E-state index in [-0.39, 0.29) is 6.10 Å². The fourth-order valence-corrected chi connectivity index (χ4v) is 2.32. The average molecular weight is 288 g/mol. The fraction of sp³-hybridized carbons (Fsp3) is 0.938. The van der Waals surface area contributed by atoms with Gasteiger partial charge in [0.2, 0.25) is 6.29 Å². The molecule has 4 nitrogen and oxygen atoms in total. The van der Waals surface area contributed by atoms with Crippen LogP contribution >= 0.6 is 0 Å². The summed E-state index contributed by atoms with van der Waals surface area (Å²) in [5, 5.41) is 8.58. The van der Waals surface area contributed by atoms with Gasteiger partial charge in [0.05, 0.1) is 6.10 Å². The van der Waals surface area contributed by atoms with E-state index in [0.717, 1.165) is 25.7 Å². The first-order chi connectivity index (χ1) is 9.60. The molecule has 4 heteroatoms. The van der Waals surface area contributed by atoms with Crippen molar-refractivity contribution in [3.63, 3.8) is 0 Å². The van der Waals surface area contributed by atoms with E-state index in [9.17, 15) is 4.79 Å². The summed E-state index contributed by atoms with van der Waals surface area (Å²) >= 11 is 0. The molecule has 0 radical (unpaired) electrons. The number of carboxylic acid groups (broad SMARTS) is 1. The summed E-state index contributed by atoms with van der Waals surface area (Å²) in [6, 6.07) is 0. The molecule has 1 unspecified atom stereocenters. The van der Waals surface area contributed by atoms with Gasteiger partial charge in [-0.2, -0.15) is 0 Å². The SMILES string of the molecule is CCCCCCC[C@@H](CCCCC)OC(C)OC(=O)O. The highest BCUT2D eigenvalue weighted by Crippen LogP contribution is 2.17. The molecule has 0 aliphatic carbocycles. The second-order valence-corrected chi connectivity index (χ2v) is 5.41. The Labute approximate surface area is 123 Å². The predicted octanol–water partition coefficient (Wildman–Crippen LogP) is 5.35. The van der Waals surface area contributed by atoms with E-state index in [1.165, 1.54) is 38.5 Å². The van der Waals surface area contributed by atoms with Crippen LogP contribution in [0.25, 0.3) is 0 Å². The molecule has 2 atom stereocenters. The van der Waals surface area contributed by atoms with Crippen LogP contribution in [0.15, 0.2) is 0 Å². The molecular formula is C16H32O4. The maximum absolute atomic E-state index is 10.5. The molecule has 0 saturated carbocycles. The molecule has 120 valence electrons. The molecule has 0 fully saturated rings. The fourth-order valence-electron chi connectivity index (χ4n) is 2.32. The zero-order chi connectivity index (χ0) is 15.2. The molecule has 20 heavy (non-hydrogen) atoms. The predicted molar refractivity (Wildman–Crippen MR) is 81.0 cm³/mol. The molecule has 0 rings (SSSR count). The van der Waals surface area contributed by atoms with Gasteiger partial charge < -0.3 is 14.6 Å². The van der Waals surface area contributed by atoms with Gasteiger partial charge >= 0.3 is 6.16 Å². The Hall–Kier alpha value is -0.770. The topological polar surface area (TPSA) is 55.8 Å². The van der Waals surface area contributed by atoms with Crippen molar-refractivity contribution >= 4 is 6.16 Å². The minimum Gasteiger partial charge on any atom is -0.450 e. The zero-order valence-electron chi connectivity index (χ0n) is 13.4. The molecule has 0 aromatic heterocycles. The van der Waals surface area contributed by atoms with Gasteiger partial charge in [-0.1, -0.05) is 65.2 Å². The maximum atomic E-state index is 10.5. The molecule has 1 N–H and O–H groups in total. The lowest BCUT2D eigenvalue weighted by molar-refractivity contribution is -0.140. The minimum atomic E-state index is -1.27. The van der Waals surface area contributed by atoms with Crippen LogP contribution in [0.3, 0.4) is 0 Å². The largest absolute Gasteiger partial charge is 0.508 e. The highest BCUT2D eigenvalue weighted by Gasteiger charge is 2.15. The quantitative estimate of drug-likeness (QED) is 0.282. The van der Waals surface area contributed by atoms with Crippen LogP contribution in [0, 0.1) is 0 Å². The van der Waals surface area contributed by atoms with Gasteiger partial charge in [-0.25, -0.2) is 4.79 Å². The number of hydrogen-bond acceptors (Lipinski definition) is 3. The molecule has 0 aromatic rings. The standard InChI is InChI=1S/C16H32O4/c1-4-6-8-9-11-13-15(12-10-7-5-2)19-14(3)20-16(17)18/h14-15H,4-13H2,1-3H3,(H,17,18)/t14?,15-/m1/s1. The highest BCUT2D eigenvalue weighted by atomic mass is 16.8. The normalized spacial score (nSPS) is 13.9. The van der Waals surface area contributed by atoms with Gasteiger partial charge in [0, 0.05) is 0 Å². The maximum Gasteiger partial charge on any atom is 0.508 e. The number of rotatable bonds is 13. The second-order valence-electron chi connectivity index (χ2n) is 5.41. The Balaban J connectivity index is 3.95. The van der Waals surface area contributed by atoms with E-state index in [0.29, 0.717) is 0 Å². The zero-order valence-corrected chi connectivity index (χ0v) is 13.4. The summed E-state index contributed by atoms with van der Waals surface area (Å²) in [6.07, 6.45) is 9.89. The minimum absolute atomic E-state index is 0.123. The summed E-state index contributed by atoms with van der Waals surface area (Å²) in [5.74, 6) is 0. The van der Waals surface area contributed by atoms with E-state index < -0.39 is 12.4 Å². The Kier molecular flexibility index (Phi) is 12.7. The lowest BCUT2D eigenvalue weighted by Gasteiger charge is -2.21. The van der Waals surface area contributed by atoms with Crippen LogP contribution in [0.1, 0.15) is 85.0 Å².